The molecule has 1 atom stereocenters. The molecule has 152 valence electrons. The minimum absolute atomic E-state index is 0.0913. The van der Waals surface area contributed by atoms with Gasteiger partial charge in [0.2, 0.25) is 5.91 Å². The van der Waals surface area contributed by atoms with E-state index < -0.39 is 0 Å². The fraction of sp³-hybridized carbons (Fsp3) is 0.217. The van der Waals surface area contributed by atoms with Crippen LogP contribution in [0.25, 0.3) is 16.7 Å². The Morgan fingerprint density at radius 1 is 1.07 bits per heavy atom. The normalized spacial score (nSPS) is 12.1. The summed E-state index contributed by atoms with van der Waals surface area (Å²) < 4.78 is 1.79. The number of nitrogens with zero attached hydrogens (tertiary/aromatic N) is 5. The van der Waals surface area contributed by atoms with Crippen LogP contribution in [0.2, 0.25) is 0 Å². The van der Waals surface area contributed by atoms with Crippen molar-refractivity contribution in [1.82, 2.24) is 24.6 Å². The van der Waals surface area contributed by atoms with Gasteiger partial charge in [0.05, 0.1) is 22.5 Å². The van der Waals surface area contributed by atoms with Crippen molar-refractivity contribution < 1.29 is 4.79 Å². The first-order chi connectivity index (χ1) is 14.7. The fourth-order valence-electron chi connectivity index (χ4n) is 3.30. The molecule has 2 aromatic heterocycles. The van der Waals surface area contributed by atoms with E-state index in [1.165, 1.54) is 18.1 Å². The van der Waals surface area contributed by atoms with E-state index in [0.717, 1.165) is 27.3 Å². The highest BCUT2D eigenvalue weighted by Crippen LogP contribution is 2.29. The lowest BCUT2D eigenvalue weighted by atomic mass is 10.2. The first kappa shape index (κ1) is 20.1. The van der Waals surface area contributed by atoms with E-state index in [1.54, 1.807) is 10.9 Å². The molecule has 1 unspecified atom stereocenters. The van der Waals surface area contributed by atoms with Gasteiger partial charge in [-0.1, -0.05) is 60.3 Å². The molecule has 2 aromatic carbocycles. The maximum Gasteiger partial charge on any atom is 0.236 e. The summed E-state index contributed by atoms with van der Waals surface area (Å²) in [7, 11) is 0. The summed E-state index contributed by atoms with van der Waals surface area (Å²) in [6, 6.07) is 19.9. The Labute approximate surface area is 180 Å². The van der Waals surface area contributed by atoms with E-state index in [-0.39, 0.29) is 11.2 Å². The molecule has 0 bridgehead atoms. The number of hydrogen-bond acceptors (Lipinski definition) is 5. The van der Waals surface area contributed by atoms with Crippen molar-refractivity contribution in [3.63, 3.8) is 0 Å². The van der Waals surface area contributed by atoms with Gasteiger partial charge in [-0.2, -0.15) is 5.10 Å². The summed E-state index contributed by atoms with van der Waals surface area (Å²) in [5, 5.41) is 5.83. The van der Waals surface area contributed by atoms with Crippen LogP contribution in [0.15, 0.2) is 78.2 Å². The van der Waals surface area contributed by atoms with E-state index >= 15 is 0 Å². The van der Waals surface area contributed by atoms with Crippen molar-refractivity contribution in [2.75, 3.05) is 6.54 Å². The molecule has 7 heteroatoms. The van der Waals surface area contributed by atoms with E-state index in [9.17, 15) is 4.79 Å². The van der Waals surface area contributed by atoms with Crippen LogP contribution in [0.3, 0.4) is 0 Å². The summed E-state index contributed by atoms with van der Waals surface area (Å²) in [6.07, 6.45) is 3.30. The molecule has 4 aromatic rings. The number of fused-ring (bicyclic) bond motifs is 1. The number of thioether (sulfide) groups is 1. The molecule has 4 rings (SSSR count). The first-order valence-corrected chi connectivity index (χ1v) is 10.8. The number of hydrogen-bond donors (Lipinski definition) is 0. The molecule has 0 aliphatic carbocycles. The fourth-order valence-corrected chi connectivity index (χ4v) is 4.26. The summed E-state index contributed by atoms with van der Waals surface area (Å²) in [5.41, 5.74) is 2.79. The highest BCUT2D eigenvalue weighted by Gasteiger charge is 2.23. The molecular formula is C23H23N5OS. The Morgan fingerprint density at radius 2 is 1.77 bits per heavy atom. The van der Waals surface area contributed by atoms with Gasteiger partial charge in [0, 0.05) is 13.1 Å². The lowest BCUT2D eigenvalue weighted by Gasteiger charge is -2.24. The molecule has 2 heterocycles. The van der Waals surface area contributed by atoms with E-state index in [4.69, 9.17) is 0 Å². The number of carbonyl (C=O) groups excluding carboxylic acids is 1. The average molecular weight is 418 g/mol. The predicted molar refractivity (Wildman–Crippen MR) is 120 cm³/mol. The van der Waals surface area contributed by atoms with E-state index in [2.05, 4.69) is 15.1 Å². The van der Waals surface area contributed by atoms with Crippen molar-refractivity contribution in [2.45, 2.75) is 30.7 Å². The number of carbonyl (C=O) groups is 1. The summed E-state index contributed by atoms with van der Waals surface area (Å²) in [4.78, 5) is 23.8. The highest BCUT2D eigenvalue weighted by molar-refractivity contribution is 8.00. The molecule has 0 radical (unpaired) electrons. The third-order valence-corrected chi connectivity index (χ3v) is 5.98. The zero-order chi connectivity index (χ0) is 20.9. The quantitative estimate of drug-likeness (QED) is 0.331. The van der Waals surface area contributed by atoms with Crippen LogP contribution in [0.1, 0.15) is 19.4 Å². The van der Waals surface area contributed by atoms with Gasteiger partial charge in [-0.25, -0.2) is 14.6 Å². The zero-order valence-electron chi connectivity index (χ0n) is 17.0. The molecule has 0 aliphatic rings. The Bertz CT molecular complexity index is 1130. The summed E-state index contributed by atoms with van der Waals surface area (Å²) in [5.74, 6) is 0.0913. The lowest BCUT2D eigenvalue weighted by molar-refractivity contribution is -0.130. The van der Waals surface area contributed by atoms with Crippen molar-refractivity contribution in [1.29, 1.82) is 0 Å². The molecule has 0 N–H and O–H groups in total. The molecule has 0 aliphatic heterocycles. The van der Waals surface area contributed by atoms with Crippen molar-refractivity contribution in [3.05, 3.63) is 78.8 Å². The average Bonchev–Trinajstić information content (AvgIpc) is 3.23. The molecule has 0 saturated heterocycles. The molecule has 1 amide bonds. The molecule has 6 nitrogen and oxygen atoms in total. The second-order valence-corrected chi connectivity index (χ2v) is 8.24. The van der Waals surface area contributed by atoms with E-state index in [0.29, 0.717) is 13.1 Å². The molecule has 0 fully saturated rings. The van der Waals surface area contributed by atoms with Gasteiger partial charge in [-0.3, -0.25) is 4.79 Å². The van der Waals surface area contributed by atoms with Gasteiger partial charge < -0.3 is 4.90 Å². The molecule has 0 saturated carbocycles. The van der Waals surface area contributed by atoms with Gasteiger partial charge in [0.15, 0.2) is 5.65 Å². The maximum atomic E-state index is 13.1. The van der Waals surface area contributed by atoms with Crippen molar-refractivity contribution in [2.24, 2.45) is 0 Å². The van der Waals surface area contributed by atoms with E-state index in [1.807, 2.05) is 79.4 Å². The number of amides is 1. The largest absolute Gasteiger partial charge is 0.338 e. The van der Waals surface area contributed by atoms with Crippen LogP contribution in [0.4, 0.5) is 0 Å². The number of para-hydroxylation sites is 1. The van der Waals surface area contributed by atoms with Gasteiger partial charge in [-0.05, 0) is 31.5 Å². The predicted octanol–water partition coefficient (Wildman–Crippen LogP) is 4.34. The second kappa shape index (κ2) is 9.09. The standard InChI is InChI=1S/C23H23N5OS/c1-3-27(15-18-10-6-4-7-11-18)23(29)17(2)30-22-20-14-26-28(21(20)24-16-25-22)19-12-8-5-9-13-19/h4-14,16-17H,3,15H2,1-2H3. The molecule has 0 spiro atoms. The smallest absolute Gasteiger partial charge is 0.236 e. The number of aromatic nitrogens is 4. The van der Waals surface area contributed by atoms with Crippen LogP contribution in [-0.4, -0.2) is 42.4 Å². The lowest BCUT2D eigenvalue weighted by Crippen LogP contribution is -2.36. The van der Waals surface area contributed by atoms with Crippen LogP contribution in [0.5, 0.6) is 0 Å². The monoisotopic (exact) mass is 417 g/mol. The Kier molecular flexibility index (Phi) is 6.09. The zero-order valence-corrected chi connectivity index (χ0v) is 17.8. The Morgan fingerprint density at radius 3 is 2.47 bits per heavy atom. The van der Waals surface area contributed by atoms with Crippen LogP contribution >= 0.6 is 11.8 Å². The summed E-state index contributed by atoms with van der Waals surface area (Å²) in [6.45, 7) is 5.19. The van der Waals surface area contributed by atoms with Gasteiger partial charge in [-0.15, -0.1) is 0 Å². The Balaban J connectivity index is 1.54. The minimum atomic E-state index is -0.271. The minimum Gasteiger partial charge on any atom is -0.338 e. The second-order valence-electron chi connectivity index (χ2n) is 6.91. The topological polar surface area (TPSA) is 63.9 Å². The number of benzene rings is 2. The summed E-state index contributed by atoms with van der Waals surface area (Å²) >= 11 is 1.45. The third kappa shape index (κ3) is 4.21. The van der Waals surface area contributed by atoms with Crippen LogP contribution in [-0.2, 0) is 11.3 Å². The van der Waals surface area contributed by atoms with Crippen molar-refractivity contribution >= 4 is 28.7 Å². The maximum absolute atomic E-state index is 13.1. The third-order valence-electron chi connectivity index (χ3n) is 4.88. The molecular weight excluding hydrogens is 394 g/mol. The van der Waals surface area contributed by atoms with Gasteiger partial charge >= 0.3 is 0 Å². The highest BCUT2D eigenvalue weighted by atomic mass is 32.2. The number of rotatable bonds is 7. The Hall–Kier alpha value is -3.19. The SMILES string of the molecule is CCN(Cc1ccccc1)C(=O)C(C)Sc1ncnc2c1cnn2-c1ccccc1. The van der Waals surface area contributed by atoms with Crippen molar-refractivity contribution in [3.8, 4) is 5.69 Å². The van der Waals surface area contributed by atoms with Crippen LogP contribution in [0, 0.1) is 0 Å². The molecule has 30 heavy (non-hydrogen) atoms. The van der Waals surface area contributed by atoms with Gasteiger partial charge in [0.25, 0.3) is 0 Å². The van der Waals surface area contributed by atoms with Gasteiger partial charge in [0.1, 0.15) is 11.4 Å². The van der Waals surface area contributed by atoms with Crippen LogP contribution < -0.4 is 0 Å². The first-order valence-electron chi connectivity index (χ1n) is 9.91.